The van der Waals surface area contributed by atoms with E-state index in [0.29, 0.717) is 5.16 Å². The fourth-order valence-corrected chi connectivity index (χ4v) is 3.25. The molecule has 0 spiro atoms. The lowest BCUT2D eigenvalue weighted by Gasteiger charge is -2.09. The quantitative estimate of drug-likeness (QED) is 0.480. The first-order valence-corrected chi connectivity index (χ1v) is 9.47. The van der Waals surface area contributed by atoms with Crippen LogP contribution in [0.4, 0.5) is 5.69 Å². The zero-order valence-electron chi connectivity index (χ0n) is 14.5. The van der Waals surface area contributed by atoms with Gasteiger partial charge in [-0.25, -0.2) is 9.97 Å². The number of hydrogen-bond acceptors (Lipinski definition) is 4. The Kier molecular flexibility index (Phi) is 5.91. The fourth-order valence-electron chi connectivity index (χ4n) is 2.31. The average Bonchev–Trinajstić information content (AvgIpc) is 2.64. The molecule has 4 nitrogen and oxygen atoms in total. The molecule has 1 heterocycles. The molecule has 2 aromatic carbocycles. The van der Waals surface area contributed by atoms with Crippen molar-refractivity contribution in [1.82, 2.24) is 9.97 Å². The van der Waals surface area contributed by atoms with Gasteiger partial charge in [0.2, 0.25) is 0 Å². The molecule has 0 unspecified atom stereocenters. The smallest absolute Gasteiger partial charge is 0.275 e. The van der Waals surface area contributed by atoms with Crippen molar-refractivity contribution in [2.45, 2.75) is 24.8 Å². The number of aryl methyl sites for hydroxylation is 2. The van der Waals surface area contributed by atoms with Crippen LogP contribution in [-0.4, -0.2) is 15.9 Å². The highest BCUT2D eigenvalue weighted by atomic mass is 35.5. The Morgan fingerprint density at radius 1 is 1.12 bits per heavy atom. The molecule has 0 aliphatic heterocycles. The van der Waals surface area contributed by atoms with Crippen LogP contribution in [0.2, 0.25) is 5.02 Å². The summed E-state index contributed by atoms with van der Waals surface area (Å²) in [7, 11) is 0. The summed E-state index contributed by atoms with van der Waals surface area (Å²) in [6.45, 7) is 3.98. The maximum Gasteiger partial charge on any atom is 0.275 e. The number of halogens is 1. The largest absolute Gasteiger partial charge is 0.320 e. The molecule has 0 saturated heterocycles. The molecule has 6 heteroatoms. The third kappa shape index (κ3) is 4.62. The molecule has 0 radical (unpaired) electrons. The van der Waals surface area contributed by atoms with E-state index in [1.807, 2.05) is 31.2 Å². The van der Waals surface area contributed by atoms with Gasteiger partial charge in [0.15, 0.2) is 10.9 Å². The number of anilines is 1. The molecule has 0 saturated carbocycles. The SMILES string of the molecule is Cc1ccc(CSc2ncc(Cl)c(C(=O)Nc3ccccc3C)n2)cc1. The van der Waals surface area contributed by atoms with Crippen LogP contribution in [-0.2, 0) is 5.75 Å². The van der Waals surface area contributed by atoms with E-state index in [4.69, 9.17) is 11.6 Å². The Morgan fingerprint density at radius 3 is 2.58 bits per heavy atom. The Hall–Kier alpha value is -2.37. The van der Waals surface area contributed by atoms with Crippen molar-refractivity contribution < 1.29 is 4.79 Å². The molecular weight excluding hydrogens is 366 g/mol. The molecule has 0 aliphatic carbocycles. The van der Waals surface area contributed by atoms with E-state index in [1.54, 1.807) is 0 Å². The Bertz CT molecular complexity index is 929. The zero-order valence-corrected chi connectivity index (χ0v) is 16.1. The number of para-hydroxylation sites is 1. The summed E-state index contributed by atoms with van der Waals surface area (Å²) in [6, 6.07) is 15.8. The molecule has 132 valence electrons. The lowest BCUT2D eigenvalue weighted by Crippen LogP contribution is -2.15. The number of thioether (sulfide) groups is 1. The number of hydrogen-bond donors (Lipinski definition) is 1. The summed E-state index contributed by atoms with van der Waals surface area (Å²) in [4.78, 5) is 21.1. The minimum atomic E-state index is -0.344. The van der Waals surface area contributed by atoms with Gasteiger partial charge in [0.25, 0.3) is 5.91 Å². The first-order chi connectivity index (χ1) is 12.5. The van der Waals surface area contributed by atoms with Crippen molar-refractivity contribution in [3.8, 4) is 0 Å². The van der Waals surface area contributed by atoms with Gasteiger partial charge in [-0.2, -0.15) is 0 Å². The minimum Gasteiger partial charge on any atom is -0.320 e. The van der Waals surface area contributed by atoms with E-state index in [1.165, 1.54) is 29.1 Å². The van der Waals surface area contributed by atoms with Crippen molar-refractivity contribution in [2.75, 3.05) is 5.32 Å². The molecule has 1 N–H and O–H groups in total. The number of amides is 1. The molecule has 0 bridgehead atoms. The van der Waals surface area contributed by atoms with Crippen LogP contribution >= 0.6 is 23.4 Å². The van der Waals surface area contributed by atoms with E-state index >= 15 is 0 Å². The van der Waals surface area contributed by atoms with Gasteiger partial charge in [0.1, 0.15) is 0 Å². The summed E-state index contributed by atoms with van der Waals surface area (Å²) >= 11 is 7.60. The van der Waals surface area contributed by atoms with E-state index in [-0.39, 0.29) is 16.6 Å². The maximum absolute atomic E-state index is 12.6. The first-order valence-electron chi connectivity index (χ1n) is 8.11. The van der Waals surface area contributed by atoms with Crippen molar-refractivity contribution in [2.24, 2.45) is 0 Å². The molecular formula is C20H18ClN3OS. The minimum absolute atomic E-state index is 0.177. The predicted molar refractivity (Wildman–Crippen MR) is 107 cm³/mol. The van der Waals surface area contributed by atoms with Crippen LogP contribution < -0.4 is 5.32 Å². The van der Waals surface area contributed by atoms with Crippen LogP contribution in [0, 0.1) is 13.8 Å². The van der Waals surface area contributed by atoms with Crippen LogP contribution in [0.5, 0.6) is 0 Å². The van der Waals surface area contributed by atoms with Crippen LogP contribution in [0.1, 0.15) is 27.2 Å². The number of nitrogens with one attached hydrogen (secondary N) is 1. The first kappa shape index (κ1) is 18.4. The van der Waals surface area contributed by atoms with Gasteiger partial charge in [-0.15, -0.1) is 0 Å². The predicted octanol–water partition coefficient (Wildman–Crippen LogP) is 5.29. The molecule has 0 fully saturated rings. The number of nitrogens with zero attached hydrogens (tertiary/aromatic N) is 2. The zero-order chi connectivity index (χ0) is 18.5. The number of benzene rings is 2. The summed E-state index contributed by atoms with van der Waals surface area (Å²) in [6.07, 6.45) is 1.47. The molecule has 0 aliphatic rings. The highest BCUT2D eigenvalue weighted by Crippen LogP contribution is 2.23. The molecule has 0 atom stereocenters. The standard InChI is InChI=1S/C20H18ClN3OS/c1-13-7-9-15(10-8-13)12-26-20-22-11-16(21)18(24-20)19(25)23-17-6-4-3-5-14(17)2/h3-11H,12H2,1-2H3,(H,23,25). The van der Waals surface area contributed by atoms with Crippen LogP contribution in [0.15, 0.2) is 59.9 Å². The summed E-state index contributed by atoms with van der Waals surface area (Å²) < 4.78 is 0. The maximum atomic E-state index is 12.6. The Morgan fingerprint density at radius 2 is 1.85 bits per heavy atom. The second-order valence-corrected chi connectivity index (χ2v) is 7.24. The third-order valence-electron chi connectivity index (χ3n) is 3.82. The van der Waals surface area contributed by atoms with Gasteiger partial charge in [-0.1, -0.05) is 71.4 Å². The van der Waals surface area contributed by atoms with Gasteiger partial charge in [0, 0.05) is 11.4 Å². The van der Waals surface area contributed by atoms with Gasteiger partial charge in [-0.3, -0.25) is 4.79 Å². The van der Waals surface area contributed by atoms with Gasteiger partial charge >= 0.3 is 0 Å². The van der Waals surface area contributed by atoms with Crippen LogP contribution in [0.25, 0.3) is 0 Å². The van der Waals surface area contributed by atoms with E-state index < -0.39 is 0 Å². The van der Waals surface area contributed by atoms with Gasteiger partial charge in [-0.05, 0) is 31.0 Å². The molecule has 1 amide bonds. The lowest BCUT2D eigenvalue weighted by molar-refractivity contribution is 0.102. The number of rotatable bonds is 5. The lowest BCUT2D eigenvalue weighted by atomic mass is 10.2. The van der Waals surface area contributed by atoms with E-state index in [0.717, 1.165) is 17.0 Å². The molecule has 26 heavy (non-hydrogen) atoms. The highest BCUT2D eigenvalue weighted by Gasteiger charge is 2.15. The monoisotopic (exact) mass is 383 g/mol. The molecule has 1 aromatic heterocycles. The fraction of sp³-hybridized carbons (Fsp3) is 0.150. The number of carbonyl (C=O) groups excluding carboxylic acids is 1. The van der Waals surface area contributed by atoms with E-state index in [9.17, 15) is 4.79 Å². The second kappa shape index (κ2) is 8.34. The van der Waals surface area contributed by atoms with Crippen molar-refractivity contribution >= 4 is 35.0 Å². The topological polar surface area (TPSA) is 54.9 Å². The van der Waals surface area contributed by atoms with Gasteiger partial charge in [0.05, 0.1) is 11.2 Å². The number of aromatic nitrogens is 2. The summed E-state index contributed by atoms with van der Waals surface area (Å²) in [5, 5.41) is 3.60. The molecule has 3 aromatic rings. The van der Waals surface area contributed by atoms with Crippen molar-refractivity contribution in [1.29, 1.82) is 0 Å². The molecule has 3 rings (SSSR count). The highest BCUT2D eigenvalue weighted by molar-refractivity contribution is 7.98. The van der Waals surface area contributed by atoms with Gasteiger partial charge < -0.3 is 5.32 Å². The normalized spacial score (nSPS) is 10.6. The van der Waals surface area contributed by atoms with E-state index in [2.05, 4.69) is 46.5 Å². The summed E-state index contributed by atoms with van der Waals surface area (Å²) in [5.41, 5.74) is 4.28. The van der Waals surface area contributed by atoms with Crippen LogP contribution in [0.3, 0.4) is 0 Å². The van der Waals surface area contributed by atoms with Crippen molar-refractivity contribution in [3.05, 3.63) is 82.1 Å². The average molecular weight is 384 g/mol. The second-order valence-electron chi connectivity index (χ2n) is 5.89. The third-order valence-corrected chi connectivity index (χ3v) is 5.03. The Labute approximate surface area is 162 Å². The van der Waals surface area contributed by atoms with Crippen molar-refractivity contribution in [3.63, 3.8) is 0 Å². The summed E-state index contributed by atoms with van der Waals surface area (Å²) in [5.74, 6) is 0.379. The Balaban J connectivity index is 1.73. The number of carbonyl (C=O) groups is 1.